The topological polar surface area (TPSA) is 75.5 Å². The Labute approximate surface area is 172 Å². The van der Waals surface area contributed by atoms with E-state index in [1.165, 1.54) is 13.3 Å². The Morgan fingerprint density at radius 2 is 2.07 bits per heavy atom. The van der Waals surface area contributed by atoms with E-state index in [-0.39, 0.29) is 12.3 Å². The Morgan fingerprint density at radius 3 is 2.61 bits per heavy atom. The van der Waals surface area contributed by atoms with E-state index in [1.807, 2.05) is 44.2 Å². The van der Waals surface area contributed by atoms with Crippen LogP contribution >= 0.6 is 15.9 Å². The SMILES string of the molecule is CCC1OCC(C)(C(OC(C)=O)C(=Cc2ccc(Br)cc2)n2cncn2)CO1. The largest absolute Gasteiger partial charge is 0.455 e. The summed E-state index contributed by atoms with van der Waals surface area (Å²) < 4.78 is 20.1. The second kappa shape index (κ2) is 8.98. The minimum absolute atomic E-state index is 0.240. The lowest BCUT2D eigenvalue weighted by Gasteiger charge is -2.42. The van der Waals surface area contributed by atoms with Crippen LogP contribution in [-0.2, 0) is 19.0 Å². The van der Waals surface area contributed by atoms with Crippen molar-refractivity contribution >= 4 is 33.7 Å². The number of hydrogen-bond acceptors (Lipinski definition) is 6. The van der Waals surface area contributed by atoms with Gasteiger partial charge < -0.3 is 14.2 Å². The van der Waals surface area contributed by atoms with Crippen LogP contribution in [0, 0.1) is 5.41 Å². The summed E-state index contributed by atoms with van der Waals surface area (Å²) in [6.07, 6.45) is 4.86. The van der Waals surface area contributed by atoms with Crippen molar-refractivity contribution in [3.8, 4) is 0 Å². The van der Waals surface area contributed by atoms with Gasteiger partial charge in [0.1, 0.15) is 12.7 Å². The maximum Gasteiger partial charge on any atom is 0.303 e. The predicted octanol–water partition coefficient (Wildman–Crippen LogP) is 3.76. The van der Waals surface area contributed by atoms with Crippen LogP contribution in [0.4, 0.5) is 0 Å². The molecule has 1 saturated heterocycles. The second-order valence-electron chi connectivity index (χ2n) is 7.06. The highest BCUT2D eigenvalue weighted by molar-refractivity contribution is 9.10. The zero-order valence-corrected chi connectivity index (χ0v) is 17.8. The van der Waals surface area contributed by atoms with Crippen LogP contribution in [0.2, 0.25) is 0 Å². The zero-order chi connectivity index (χ0) is 20.1. The summed E-state index contributed by atoms with van der Waals surface area (Å²) in [6.45, 7) is 6.18. The number of nitrogens with zero attached hydrogens (tertiary/aromatic N) is 3. The molecule has 1 aromatic heterocycles. The molecule has 0 amide bonds. The molecule has 0 bridgehead atoms. The van der Waals surface area contributed by atoms with Gasteiger partial charge in [0.25, 0.3) is 0 Å². The lowest BCUT2D eigenvalue weighted by Crippen LogP contribution is -2.49. The van der Waals surface area contributed by atoms with Gasteiger partial charge in [0, 0.05) is 11.4 Å². The maximum absolute atomic E-state index is 11.9. The van der Waals surface area contributed by atoms with Gasteiger partial charge in [-0.25, -0.2) is 9.67 Å². The first-order valence-corrected chi connectivity index (χ1v) is 9.93. The van der Waals surface area contributed by atoms with E-state index in [4.69, 9.17) is 14.2 Å². The third kappa shape index (κ3) is 4.87. The van der Waals surface area contributed by atoms with Gasteiger partial charge >= 0.3 is 5.97 Å². The van der Waals surface area contributed by atoms with Crippen molar-refractivity contribution in [1.29, 1.82) is 0 Å². The summed E-state index contributed by atoms with van der Waals surface area (Å²) in [7, 11) is 0. The number of carbonyl (C=O) groups excluding carboxylic acids is 1. The molecule has 7 nitrogen and oxygen atoms in total. The first kappa shape index (κ1) is 20.7. The van der Waals surface area contributed by atoms with Crippen molar-refractivity contribution in [2.75, 3.05) is 13.2 Å². The molecular weight excluding hydrogens is 426 g/mol. The molecule has 2 heterocycles. The third-order valence-corrected chi connectivity index (χ3v) is 5.11. The molecule has 0 aliphatic carbocycles. The summed E-state index contributed by atoms with van der Waals surface area (Å²) >= 11 is 3.44. The molecule has 8 heteroatoms. The molecule has 2 aromatic rings. The molecule has 28 heavy (non-hydrogen) atoms. The first-order valence-electron chi connectivity index (χ1n) is 9.14. The molecule has 1 unspecified atom stereocenters. The fourth-order valence-electron chi connectivity index (χ4n) is 3.10. The number of carbonyl (C=O) groups is 1. The van der Waals surface area contributed by atoms with Gasteiger partial charge in [-0.05, 0) is 30.2 Å². The Balaban J connectivity index is 2.02. The van der Waals surface area contributed by atoms with Crippen LogP contribution < -0.4 is 0 Å². The van der Waals surface area contributed by atoms with Crippen LogP contribution in [0.5, 0.6) is 0 Å². The number of aromatic nitrogens is 3. The number of hydrogen-bond donors (Lipinski definition) is 0. The Kier molecular flexibility index (Phi) is 6.64. The van der Waals surface area contributed by atoms with E-state index in [0.29, 0.717) is 18.9 Å². The van der Waals surface area contributed by atoms with Crippen molar-refractivity contribution in [1.82, 2.24) is 14.8 Å². The smallest absolute Gasteiger partial charge is 0.303 e. The molecule has 1 aliphatic heterocycles. The van der Waals surface area contributed by atoms with Crippen LogP contribution in [0.25, 0.3) is 11.8 Å². The van der Waals surface area contributed by atoms with E-state index >= 15 is 0 Å². The number of rotatable bonds is 6. The second-order valence-corrected chi connectivity index (χ2v) is 7.98. The third-order valence-electron chi connectivity index (χ3n) is 4.58. The van der Waals surface area contributed by atoms with Crippen LogP contribution in [0.15, 0.2) is 41.4 Å². The van der Waals surface area contributed by atoms with Crippen molar-refractivity contribution in [2.45, 2.75) is 39.6 Å². The Bertz CT molecular complexity index is 812. The molecule has 0 N–H and O–H groups in total. The lowest BCUT2D eigenvalue weighted by molar-refractivity contribution is -0.242. The molecule has 1 aliphatic rings. The van der Waals surface area contributed by atoms with E-state index in [0.717, 1.165) is 16.5 Å². The van der Waals surface area contributed by atoms with Gasteiger partial charge in [-0.2, -0.15) is 5.10 Å². The lowest BCUT2D eigenvalue weighted by atomic mass is 9.82. The van der Waals surface area contributed by atoms with Gasteiger partial charge in [0.05, 0.1) is 24.3 Å². The summed E-state index contributed by atoms with van der Waals surface area (Å²) in [5.41, 5.74) is 1.04. The highest BCUT2D eigenvalue weighted by Gasteiger charge is 2.44. The number of esters is 1. The van der Waals surface area contributed by atoms with Gasteiger partial charge in [-0.1, -0.05) is 41.9 Å². The van der Waals surface area contributed by atoms with Crippen molar-refractivity contribution in [3.05, 3.63) is 47.0 Å². The van der Waals surface area contributed by atoms with Crippen molar-refractivity contribution < 1.29 is 19.0 Å². The van der Waals surface area contributed by atoms with Crippen LogP contribution in [0.3, 0.4) is 0 Å². The average molecular weight is 450 g/mol. The fraction of sp³-hybridized carbons (Fsp3) is 0.450. The van der Waals surface area contributed by atoms with Gasteiger partial charge in [0.15, 0.2) is 12.4 Å². The van der Waals surface area contributed by atoms with Crippen molar-refractivity contribution in [3.63, 3.8) is 0 Å². The monoisotopic (exact) mass is 449 g/mol. The molecule has 0 spiro atoms. The summed E-state index contributed by atoms with van der Waals surface area (Å²) in [4.78, 5) is 16.0. The molecular formula is C20H24BrN3O4. The first-order chi connectivity index (χ1) is 13.4. The molecule has 3 rings (SSSR count). The maximum atomic E-state index is 11.9. The Morgan fingerprint density at radius 1 is 1.39 bits per heavy atom. The number of benzene rings is 1. The van der Waals surface area contributed by atoms with E-state index in [1.54, 1.807) is 11.0 Å². The van der Waals surface area contributed by atoms with Gasteiger partial charge in [-0.3, -0.25) is 4.79 Å². The minimum atomic E-state index is -0.631. The van der Waals surface area contributed by atoms with Crippen molar-refractivity contribution in [2.24, 2.45) is 5.41 Å². The highest BCUT2D eigenvalue weighted by Crippen LogP contribution is 2.37. The fourth-order valence-corrected chi connectivity index (χ4v) is 3.37. The summed E-state index contributed by atoms with van der Waals surface area (Å²) in [6, 6.07) is 7.84. The molecule has 1 atom stereocenters. The van der Waals surface area contributed by atoms with Gasteiger partial charge in [0.2, 0.25) is 0 Å². The molecule has 1 aromatic carbocycles. The van der Waals surface area contributed by atoms with E-state index < -0.39 is 11.5 Å². The number of halogens is 1. The zero-order valence-electron chi connectivity index (χ0n) is 16.2. The summed E-state index contributed by atoms with van der Waals surface area (Å²) in [5, 5.41) is 4.27. The molecule has 0 radical (unpaired) electrons. The number of ether oxygens (including phenoxy) is 3. The molecule has 150 valence electrons. The highest BCUT2D eigenvalue weighted by atomic mass is 79.9. The summed E-state index contributed by atoms with van der Waals surface area (Å²) in [5.74, 6) is -0.384. The quantitative estimate of drug-likeness (QED) is 0.624. The molecule has 0 saturated carbocycles. The van der Waals surface area contributed by atoms with Crippen LogP contribution in [0.1, 0.15) is 32.8 Å². The van der Waals surface area contributed by atoms with E-state index in [2.05, 4.69) is 26.0 Å². The normalized spacial score (nSPS) is 24.0. The Hall–Kier alpha value is -2.03. The predicted molar refractivity (Wildman–Crippen MR) is 108 cm³/mol. The average Bonchev–Trinajstić information content (AvgIpc) is 3.21. The standard InChI is InChI=1S/C20H24BrN3O4/c1-4-18-26-10-20(3,11-27-18)19(28-14(2)25)17(24-13-22-12-23-24)9-15-5-7-16(21)8-6-15/h5-9,12-13,18-19H,4,10-11H2,1-3H3. The van der Waals surface area contributed by atoms with Gasteiger partial charge in [-0.15, -0.1) is 0 Å². The van der Waals surface area contributed by atoms with Crippen LogP contribution in [-0.4, -0.2) is 46.3 Å². The minimum Gasteiger partial charge on any atom is -0.455 e. The van der Waals surface area contributed by atoms with E-state index in [9.17, 15) is 4.79 Å². The molecule has 1 fully saturated rings.